The summed E-state index contributed by atoms with van der Waals surface area (Å²) in [5.41, 5.74) is 5.18. The van der Waals surface area contributed by atoms with Crippen molar-refractivity contribution in [1.29, 1.82) is 5.26 Å². The van der Waals surface area contributed by atoms with Crippen LogP contribution in [0.2, 0.25) is 0 Å². The SMILES string of the molecule is Cc1cc(C=C(C#N)c2ccccc2F)c(C)n1-c1ccc(OCc2ccc(F)cc2)cc1. The lowest BCUT2D eigenvalue weighted by Gasteiger charge is -2.12. The van der Waals surface area contributed by atoms with Crippen molar-refractivity contribution >= 4 is 11.6 Å². The predicted octanol–water partition coefficient (Wildman–Crippen LogP) is 7.02. The maximum absolute atomic E-state index is 14.2. The van der Waals surface area contributed by atoms with Crippen molar-refractivity contribution in [2.75, 3.05) is 0 Å². The fourth-order valence-electron chi connectivity index (χ4n) is 3.78. The summed E-state index contributed by atoms with van der Waals surface area (Å²) in [6, 6.07) is 24.3. The normalized spacial score (nSPS) is 11.3. The van der Waals surface area contributed by atoms with Gasteiger partial charge in [-0.2, -0.15) is 5.26 Å². The molecule has 0 bridgehead atoms. The third-order valence-corrected chi connectivity index (χ3v) is 5.47. The number of halogens is 2. The predicted molar refractivity (Wildman–Crippen MR) is 126 cm³/mol. The molecule has 0 fully saturated rings. The second-order valence-electron chi connectivity index (χ2n) is 7.72. The third kappa shape index (κ3) is 4.86. The van der Waals surface area contributed by atoms with Crippen molar-refractivity contribution in [1.82, 2.24) is 4.57 Å². The van der Waals surface area contributed by atoms with Crippen molar-refractivity contribution in [2.45, 2.75) is 20.5 Å². The summed E-state index contributed by atoms with van der Waals surface area (Å²) >= 11 is 0. The van der Waals surface area contributed by atoms with Crippen LogP contribution in [0.15, 0.2) is 78.9 Å². The van der Waals surface area contributed by atoms with Crippen molar-refractivity contribution in [3.8, 4) is 17.5 Å². The Morgan fingerprint density at radius 2 is 1.67 bits per heavy atom. The Morgan fingerprint density at radius 1 is 0.970 bits per heavy atom. The number of hydrogen-bond acceptors (Lipinski definition) is 2. The number of nitriles is 1. The van der Waals surface area contributed by atoms with Crippen LogP contribution >= 0.6 is 0 Å². The van der Waals surface area contributed by atoms with Crippen molar-refractivity contribution < 1.29 is 13.5 Å². The van der Waals surface area contributed by atoms with E-state index < -0.39 is 5.82 Å². The first-order chi connectivity index (χ1) is 16.0. The number of benzene rings is 3. The van der Waals surface area contributed by atoms with Gasteiger partial charge in [0.05, 0.1) is 11.6 Å². The fourth-order valence-corrected chi connectivity index (χ4v) is 3.78. The molecular weight excluding hydrogens is 418 g/mol. The van der Waals surface area contributed by atoms with E-state index in [1.165, 1.54) is 18.2 Å². The number of hydrogen-bond donors (Lipinski definition) is 0. The van der Waals surface area contributed by atoms with Crippen LogP contribution in [0.5, 0.6) is 5.75 Å². The highest BCUT2D eigenvalue weighted by atomic mass is 19.1. The van der Waals surface area contributed by atoms with E-state index in [4.69, 9.17) is 4.74 Å². The number of aromatic nitrogens is 1. The van der Waals surface area contributed by atoms with E-state index in [1.54, 1.807) is 36.4 Å². The summed E-state index contributed by atoms with van der Waals surface area (Å²) in [6.07, 6.45) is 1.72. The van der Waals surface area contributed by atoms with Crippen LogP contribution < -0.4 is 4.74 Å². The van der Waals surface area contributed by atoms with Gasteiger partial charge in [0.2, 0.25) is 0 Å². The molecule has 1 aromatic heterocycles. The summed E-state index contributed by atoms with van der Waals surface area (Å²) < 4.78 is 35.1. The van der Waals surface area contributed by atoms with Gasteiger partial charge in [-0.1, -0.05) is 30.3 Å². The van der Waals surface area contributed by atoms with Gasteiger partial charge in [0, 0.05) is 22.6 Å². The van der Waals surface area contributed by atoms with Gasteiger partial charge in [-0.3, -0.25) is 0 Å². The third-order valence-electron chi connectivity index (χ3n) is 5.47. The molecule has 3 nitrogen and oxygen atoms in total. The lowest BCUT2D eigenvalue weighted by molar-refractivity contribution is 0.306. The highest BCUT2D eigenvalue weighted by molar-refractivity contribution is 5.90. The Morgan fingerprint density at radius 3 is 2.33 bits per heavy atom. The average molecular weight is 440 g/mol. The standard InChI is InChI=1S/C28H22F2N2O/c1-19-15-22(16-23(17-31)27-5-3-4-6-28(27)30)20(2)32(19)25-11-13-26(14-12-25)33-18-21-7-9-24(29)10-8-21/h3-16H,18H2,1-2H3. The Bertz CT molecular complexity index is 1340. The van der Waals surface area contributed by atoms with Crippen LogP contribution in [0, 0.1) is 36.8 Å². The molecule has 0 radical (unpaired) electrons. The second kappa shape index (κ2) is 9.54. The lowest BCUT2D eigenvalue weighted by atomic mass is 10.0. The van der Waals surface area contributed by atoms with Gasteiger partial charge in [-0.25, -0.2) is 8.78 Å². The molecule has 0 unspecified atom stereocenters. The maximum Gasteiger partial charge on any atom is 0.131 e. The minimum Gasteiger partial charge on any atom is -0.489 e. The van der Waals surface area contributed by atoms with E-state index >= 15 is 0 Å². The summed E-state index contributed by atoms with van der Waals surface area (Å²) in [5.74, 6) is 0.0119. The zero-order chi connectivity index (χ0) is 23.4. The van der Waals surface area contributed by atoms with Crippen LogP contribution in [0.1, 0.15) is 28.1 Å². The Balaban J connectivity index is 1.57. The maximum atomic E-state index is 14.2. The number of aryl methyl sites for hydroxylation is 1. The summed E-state index contributed by atoms with van der Waals surface area (Å²) in [7, 11) is 0. The molecule has 3 aromatic carbocycles. The van der Waals surface area contributed by atoms with Gasteiger partial charge in [-0.15, -0.1) is 0 Å². The molecule has 0 atom stereocenters. The minimum absolute atomic E-state index is 0.273. The molecule has 4 aromatic rings. The van der Waals surface area contributed by atoms with Gasteiger partial charge >= 0.3 is 0 Å². The Labute approximate surface area is 191 Å². The van der Waals surface area contributed by atoms with Gasteiger partial charge in [0.15, 0.2) is 0 Å². The number of rotatable bonds is 6. The average Bonchev–Trinajstić information content (AvgIpc) is 3.10. The van der Waals surface area contributed by atoms with E-state index in [1.807, 2.05) is 44.2 Å². The molecule has 0 saturated carbocycles. The van der Waals surface area contributed by atoms with Crippen LogP contribution in [0.25, 0.3) is 17.3 Å². The summed E-state index contributed by atoms with van der Waals surface area (Å²) in [5, 5.41) is 9.60. The molecule has 0 aliphatic carbocycles. The molecule has 0 spiro atoms. The number of ether oxygens (including phenoxy) is 1. The molecule has 1 heterocycles. The van der Waals surface area contributed by atoms with Crippen molar-refractivity contribution in [3.05, 3.63) is 119 Å². The van der Waals surface area contributed by atoms with Crippen molar-refractivity contribution in [3.63, 3.8) is 0 Å². The lowest BCUT2D eigenvalue weighted by Crippen LogP contribution is -2.00. The van der Waals surface area contributed by atoms with Gasteiger partial charge < -0.3 is 9.30 Å². The monoisotopic (exact) mass is 440 g/mol. The van der Waals surface area contributed by atoms with Crippen LogP contribution in [-0.2, 0) is 6.61 Å². The molecule has 164 valence electrons. The molecule has 33 heavy (non-hydrogen) atoms. The molecule has 0 amide bonds. The van der Waals surface area contributed by atoms with Gasteiger partial charge in [0.25, 0.3) is 0 Å². The number of allylic oxidation sites excluding steroid dienone is 1. The molecule has 0 aliphatic heterocycles. The van der Waals surface area contributed by atoms with E-state index in [-0.39, 0.29) is 17.0 Å². The van der Waals surface area contributed by atoms with Crippen LogP contribution in [0.4, 0.5) is 8.78 Å². The summed E-state index contributed by atoms with van der Waals surface area (Å²) in [4.78, 5) is 0. The largest absolute Gasteiger partial charge is 0.489 e. The first-order valence-corrected chi connectivity index (χ1v) is 10.5. The summed E-state index contributed by atoms with van der Waals surface area (Å²) in [6.45, 7) is 4.30. The molecule has 0 aliphatic rings. The molecular formula is C28H22F2N2O. The molecule has 4 rings (SSSR count). The zero-order valence-corrected chi connectivity index (χ0v) is 18.3. The van der Waals surface area contributed by atoms with Gasteiger partial charge in [-0.05, 0) is 79.6 Å². The molecule has 0 saturated heterocycles. The highest BCUT2D eigenvalue weighted by Crippen LogP contribution is 2.27. The fraction of sp³-hybridized carbons (Fsp3) is 0.107. The smallest absolute Gasteiger partial charge is 0.131 e. The quantitative estimate of drug-likeness (QED) is 0.302. The van der Waals surface area contributed by atoms with Crippen molar-refractivity contribution in [2.24, 2.45) is 0 Å². The minimum atomic E-state index is -0.421. The molecule has 0 N–H and O–H groups in total. The molecule has 5 heteroatoms. The number of nitrogens with zero attached hydrogens (tertiary/aromatic N) is 2. The highest BCUT2D eigenvalue weighted by Gasteiger charge is 2.13. The van der Waals surface area contributed by atoms with Crippen LogP contribution in [0.3, 0.4) is 0 Å². The first kappa shape index (κ1) is 22.0. The Hall–Kier alpha value is -4.17. The van der Waals surface area contributed by atoms with E-state index in [9.17, 15) is 14.0 Å². The van der Waals surface area contributed by atoms with Crippen LogP contribution in [-0.4, -0.2) is 4.57 Å². The van der Waals surface area contributed by atoms with E-state index in [0.717, 1.165) is 28.2 Å². The van der Waals surface area contributed by atoms with E-state index in [0.29, 0.717) is 12.4 Å². The van der Waals surface area contributed by atoms with Gasteiger partial charge in [0.1, 0.15) is 24.0 Å². The Kier molecular flexibility index (Phi) is 6.37. The zero-order valence-electron chi connectivity index (χ0n) is 18.3. The van der Waals surface area contributed by atoms with E-state index in [2.05, 4.69) is 10.6 Å². The second-order valence-corrected chi connectivity index (χ2v) is 7.72. The topological polar surface area (TPSA) is 38.0 Å². The first-order valence-electron chi connectivity index (χ1n) is 10.5.